The highest BCUT2D eigenvalue weighted by Crippen LogP contribution is 2.34. The maximum Gasteiger partial charge on any atom is 0.211 e. The highest BCUT2D eigenvalue weighted by molar-refractivity contribution is 7.08. The van der Waals surface area contributed by atoms with Gasteiger partial charge in [-0.2, -0.15) is 15.2 Å². The fourth-order valence-corrected chi connectivity index (χ4v) is 7.60. The van der Waals surface area contributed by atoms with Crippen LogP contribution in [0.1, 0.15) is 55.9 Å². The van der Waals surface area contributed by atoms with Crippen molar-refractivity contribution >= 4 is 36.3 Å². The van der Waals surface area contributed by atoms with Crippen LogP contribution in [-0.4, -0.2) is 68.7 Å². The van der Waals surface area contributed by atoms with Gasteiger partial charge in [0.05, 0.1) is 17.2 Å². The van der Waals surface area contributed by atoms with Crippen LogP contribution in [0.4, 0.5) is 5.82 Å². The quantitative estimate of drug-likeness (QED) is 0.137. The van der Waals surface area contributed by atoms with Gasteiger partial charge in [-0.3, -0.25) is 9.67 Å². The molecule has 0 unspecified atom stereocenters. The van der Waals surface area contributed by atoms with Gasteiger partial charge in [-0.05, 0) is 76.0 Å². The van der Waals surface area contributed by atoms with E-state index in [1.807, 2.05) is 33.9 Å². The number of likely N-dealkylation sites (tertiary alicyclic amines) is 1. The van der Waals surface area contributed by atoms with Crippen LogP contribution in [0.5, 0.6) is 0 Å². The van der Waals surface area contributed by atoms with Gasteiger partial charge in [-0.25, -0.2) is 9.67 Å². The zero-order chi connectivity index (χ0) is 28.9. The van der Waals surface area contributed by atoms with E-state index >= 15 is 0 Å². The minimum Gasteiger partial charge on any atom is -0.359 e. The van der Waals surface area contributed by atoms with E-state index in [1.165, 1.54) is 56.6 Å². The first kappa shape index (κ1) is 29.3. The molecule has 4 aromatic heterocycles. The second-order valence-corrected chi connectivity index (χ2v) is 19.6. The molecule has 224 valence electrons. The van der Waals surface area contributed by atoms with E-state index in [2.05, 4.69) is 41.9 Å². The Hall–Kier alpha value is -2.73. The Morgan fingerprint density at radius 2 is 1.83 bits per heavy atom. The molecule has 0 amide bonds. The van der Waals surface area contributed by atoms with Crippen molar-refractivity contribution in [1.82, 2.24) is 34.4 Å². The Morgan fingerprint density at radius 3 is 2.64 bits per heavy atom. The highest BCUT2D eigenvalue weighted by Gasteiger charge is 2.22. The molecular weight excluding hydrogens is 561 g/mol. The molecule has 1 saturated carbocycles. The first-order chi connectivity index (χ1) is 20.4. The Morgan fingerprint density at radius 1 is 1.00 bits per heavy atom. The molecule has 0 spiro atoms. The number of pyridine rings is 2. The smallest absolute Gasteiger partial charge is 0.211 e. The van der Waals surface area contributed by atoms with Gasteiger partial charge in [0, 0.05) is 50.7 Å². The maximum atomic E-state index is 6.08. The number of aryl methyl sites for hydroxylation is 1. The summed E-state index contributed by atoms with van der Waals surface area (Å²) in [6.07, 6.45) is 14.7. The third-order valence-corrected chi connectivity index (χ3v) is 11.1. The molecule has 9 nitrogen and oxygen atoms in total. The summed E-state index contributed by atoms with van der Waals surface area (Å²) >= 11 is 1.68. The summed E-state index contributed by atoms with van der Waals surface area (Å²) in [5, 5.41) is 10.7. The molecule has 2 fully saturated rings. The first-order valence-corrected chi connectivity index (χ1v) is 20.1. The molecule has 0 aromatic carbocycles. The summed E-state index contributed by atoms with van der Waals surface area (Å²) in [6.45, 7) is 12.9. The lowest BCUT2D eigenvalue weighted by Gasteiger charge is -2.15. The molecule has 5 heterocycles. The van der Waals surface area contributed by atoms with Crippen molar-refractivity contribution < 1.29 is 4.74 Å². The molecule has 0 atom stereocenters. The van der Waals surface area contributed by atoms with Gasteiger partial charge in [0.15, 0.2) is 5.82 Å². The van der Waals surface area contributed by atoms with Crippen LogP contribution in [-0.2, 0) is 18.0 Å². The highest BCUT2D eigenvalue weighted by atomic mass is 32.1. The number of aromatic nitrogens is 6. The minimum atomic E-state index is -1.15. The van der Waals surface area contributed by atoms with Crippen molar-refractivity contribution in [1.29, 1.82) is 0 Å². The molecule has 11 heteroatoms. The third kappa shape index (κ3) is 7.61. The van der Waals surface area contributed by atoms with Gasteiger partial charge < -0.3 is 9.64 Å². The molecule has 1 saturated heterocycles. The fraction of sp³-hybridized carbons (Fsp3) is 0.581. The molecule has 4 aromatic rings. The Balaban J connectivity index is 1.20. The third-order valence-electron chi connectivity index (χ3n) is 8.31. The predicted molar refractivity (Wildman–Crippen MR) is 172 cm³/mol. The van der Waals surface area contributed by atoms with E-state index in [0.717, 1.165) is 59.1 Å². The Bertz CT molecular complexity index is 1540. The van der Waals surface area contributed by atoms with Crippen LogP contribution < -0.4 is 4.80 Å². The standard InChI is InChI=1S/C31H44N8OSSi/c1-42(2,3)18-17-40-23-39-31(41-30(36-39)24-9-4-5-10-24)35-29-12-11-27-28(34-29)19-25(20-32-27)26-21-33-38(22-26)16-8-15-37-13-6-7-14-37/h11-12,19-22,24H,4-10,13-18,23H2,1-3H3/b35-31-. The normalized spacial score (nSPS) is 17.3. The van der Waals surface area contributed by atoms with Gasteiger partial charge in [-0.15, -0.1) is 0 Å². The molecule has 0 bridgehead atoms. The van der Waals surface area contributed by atoms with E-state index in [4.69, 9.17) is 24.8 Å². The minimum absolute atomic E-state index is 0.424. The van der Waals surface area contributed by atoms with Gasteiger partial charge in [0.25, 0.3) is 0 Å². The lowest BCUT2D eigenvalue weighted by molar-refractivity contribution is 0.0757. The van der Waals surface area contributed by atoms with Gasteiger partial charge >= 0.3 is 0 Å². The van der Waals surface area contributed by atoms with E-state index in [9.17, 15) is 0 Å². The maximum absolute atomic E-state index is 6.08. The zero-order valence-corrected chi connectivity index (χ0v) is 27.2. The lowest BCUT2D eigenvalue weighted by Crippen LogP contribution is -2.24. The van der Waals surface area contributed by atoms with Crippen molar-refractivity contribution in [3.05, 3.63) is 46.6 Å². The summed E-state index contributed by atoms with van der Waals surface area (Å²) in [4.78, 5) is 18.0. The number of nitrogens with zero attached hydrogens (tertiary/aromatic N) is 8. The molecule has 6 rings (SSSR count). The largest absolute Gasteiger partial charge is 0.359 e. The van der Waals surface area contributed by atoms with Crippen LogP contribution in [0, 0.1) is 0 Å². The van der Waals surface area contributed by atoms with Crippen molar-refractivity contribution in [3.8, 4) is 11.1 Å². The number of rotatable bonds is 12. The zero-order valence-electron chi connectivity index (χ0n) is 25.3. The van der Waals surface area contributed by atoms with Crippen LogP contribution in [0.15, 0.2) is 41.8 Å². The lowest BCUT2D eigenvalue weighted by atomic mass is 10.1. The van der Waals surface area contributed by atoms with E-state index in [0.29, 0.717) is 18.5 Å². The molecule has 0 radical (unpaired) electrons. The fourth-order valence-electron chi connectivity index (χ4n) is 5.77. The second-order valence-electron chi connectivity index (χ2n) is 13.0. The van der Waals surface area contributed by atoms with Gasteiger partial charge in [-0.1, -0.05) is 43.8 Å². The van der Waals surface area contributed by atoms with Crippen LogP contribution in [0.3, 0.4) is 0 Å². The predicted octanol–water partition coefficient (Wildman–Crippen LogP) is 6.44. The molecule has 0 N–H and O–H groups in total. The first-order valence-electron chi connectivity index (χ1n) is 15.6. The average Bonchev–Trinajstić information content (AvgIpc) is 3.79. The molecule has 1 aliphatic heterocycles. The average molecular weight is 605 g/mol. The summed E-state index contributed by atoms with van der Waals surface area (Å²) in [5.41, 5.74) is 3.76. The summed E-state index contributed by atoms with van der Waals surface area (Å²) in [5.74, 6) is 1.20. The second kappa shape index (κ2) is 13.3. The number of ether oxygens (including phenoxy) is 1. The number of fused-ring (bicyclic) bond motifs is 1. The summed E-state index contributed by atoms with van der Waals surface area (Å²) < 4.78 is 10.1. The van der Waals surface area contributed by atoms with E-state index in [1.54, 1.807) is 11.3 Å². The van der Waals surface area contributed by atoms with Crippen molar-refractivity contribution in [2.24, 2.45) is 4.99 Å². The molecule has 2 aliphatic rings. The Kier molecular flexibility index (Phi) is 9.28. The van der Waals surface area contributed by atoms with E-state index in [-0.39, 0.29) is 0 Å². The van der Waals surface area contributed by atoms with Gasteiger partial charge in [0.1, 0.15) is 11.7 Å². The summed E-state index contributed by atoms with van der Waals surface area (Å²) in [6, 6.07) is 7.18. The monoisotopic (exact) mass is 604 g/mol. The topological polar surface area (TPSA) is 86.2 Å². The summed E-state index contributed by atoms with van der Waals surface area (Å²) in [7, 11) is -1.15. The molecule has 42 heavy (non-hydrogen) atoms. The van der Waals surface area contributed by atoms with E-state index < -0.39 is 8.07 Å². The Labute approximate surface area is 253 Å². The van der Waals surface area contributed by atoms with Crippen LogP contribution in [0.2, 0.25) is 25.7 Å². The molecule has 1 aliphatic carbocycles. The number of hydrogen-bond donors (Lipinski definition) is 0. The molecular formula is C31H44N8OSSi. The van der Waals surface area contributed by atoms with Crippen molar-refractivity contribution in [2.75, 3.05) is 26.2 Å². The number of hydrogen-bond acceptors (Lipinski definition) is 8. The van der Waals surface area contributed by atoms with Crippen LogP contribution >= 0.6 is 11.3 Å². The van der Waals surface area contributed by atoms with Crippen LogP contribution in [0.25, 0.3) is 22.2 Å². The van der Waals surface area contributed by atoms with Gasteiger partial charge in [0.2, 0.25) is 4.80 Å². The van der Waals surface area contributed by atoms with Crippen molar-refractivity contribution in [3.63, 3.8) is 0 Å². The SMILES string of the molecule is C[Si](C)(C)CCOCn1nc(C2CCCC2)s/c1=N\c1ccc2ncc(-c3cnn(CCCN4CCCC4)c3)cc2n1. The van der Waals surface area contributed by atoms with Crippen molar-refractivity contribution in [2.45, 2.75) is 89.8 Å².